The molecule has 4 rings (SSSR count). The highest BCUT2D eigenvalue weighted by atomic mass is 32.1. The molecule has 0 saturated carbocycles. The van der Waals surface area contributed by atoms with Crippen LogP contribution < -0.4 is 10.6 Å². The highest BCUT2D eigenvalue weighted by Gasteiger charge is 2.12. The molecular formula is C19H21N5S2. The van der Waals surface area contributed by atoms with Crippen molar-refractivity contribution < 1.29 is 0 Å². The summed E-state index contributed by atoms with van der Waals surface area (Å²) in [5.74, 6) is 0.874. The van der Waals surface area contributed by atoms with E-state index >= 15 is 0 Å². The van der Waals surface area contributed by atoms with E-state index in [0.29, 0.717) is 0 Å². The third-order valence-electron chi connectivity index (χ3n) is 4.42. The summed E-state index contributed by atoms with van der Waals surface area (Å²) in [5, 5.41) is 12.0. The SMILES string of the molecule is Cc1cc(NC2=NCCCN2)c(C)cc1Cc1nc(-c2cscn2)cs1. The molecule has 0 aliphatic carbocycles. The van der Waals surface area contributed by atoms with Gasteiger partial charge in [-0.2, -0.15) is 0 Å². The van der Waals surface area contributed by atoms with Gasteiger partial charge in [0.15, 0.2) is 5.96 Å². The molecule has 0 radical (unpaired) electrons. The van der Waals surface area contributed by atoms with Gasteiger partial charge in [0.05, 0.1) is 10.5 Å². The van der Waals surface area contributed by atoms with Crippen LogP contribution in [-0.4, -0.2) is 29.0 Å². The predicted octanol–water partition coefficient (Wildman–Crippen LogP) is 4.24. The van der Waals surface area contributed by atoms with Crippen molar-refractivity contribution in [3.8, 4) is 11.4 Å². The van der Waals surface area contributed by atoms with Crippen LogP contribution in [0, 0.1) is 13.8 Å². The third kappa shape index (κ3) is 3.78. The Labute approximate surface area is 161 Å². The van der Waals surface area contributed by atoms with Gasteiger partial charge < -0.3 is 10.6 Å². The quantitative estimate of drug-likeness (QED) is 0.707. The van der Waals surface area contributed by atoms with E-state index in [2.05, 4.69) is 52.0 Å². The molecule has 0 unspecified atom stereocenters. The smallest absolute Gasteiger partial charge is 0.195 e. The highest BCUT2D eigenvalue weighted by Crippen LogP contribution is 2.26. The van der Waals surface area contributed by atoms with Crippen LogP contribution in [0.15, 0.2) is 33.4 Å². The van der Waals surface area contributed by atoms with Crippen LogP contribution in [0.4, 0.5) is 5.69 Å². The first-order chi connectivity index (χ1) is 12.7. The monoisotopic (exact) mass is 383 g/mol. The largest absolute Gasteiger partial charge is 0.356 e. The van der Waals surface area contributed by atoms with E-state index in [9.17, 15) is 0 Å². The summed E-state index contributed by atoms with van der Waals surface area (Å²) >= 11 is 3.30. The number of thiazole rings is 2. The summed E-state index contributed by atoms with van der Waals surface area (Å²) in [4.78, 5) is 13.6. The summed E-state index contributed by atoms with van der Waals surface area (Å²) in [6.45, 7) is 6.16. The van der Waals surface area contributed by atoms with Gasteiger partial charge in [-0.3, -0.25) is 4.99 Å². The fourth-order valence-corrected chi connectivity index (χ4v) is 4.31. The topological polar surface area (TPSA) is 62.2 Å². The van der Waals surface area contributed by atoms with Gasteiger partial charge in [-0.1, -0.05) is 6.07 Å². The normalized spacial score (nSPS) is 14.0. The van der Waals surface area contributed by atoms with Crippen LogP contribution in [-0.2, 0) is 6.42 Å². The minimum Gasteiger partial charge on any atom is -0.356 e. The Kier molecular flexibility index (Phi) is 4.99. The van der Waals surface area contributed by atoms with Crippen molar-refractivity contribution in [1.29, 1.82) is 0 Å². The number of guanidine groups is 1. The number of nitrogens with one attached hydrogen (secondary N) is 2. The zero-order valence-corrected chi connectivity index (χ0v) is 16.5. The lowest BCUT2D eigenvalue weighted by atomic mass is 10.0. The Bertz CT molecular complexity index is 928. The van der Waals surface area contributed by atoms with Crippen LogP contribution in [0.5, 0.6) is 0 Å². The zero-order valence-electron chi connectivity index (χ0n) is 14.9. The molecule has 0 amide bonds. The average Bonchev–Trinajstić information content (AvgIpc) is 3.32. The zero-order chi connectivity index (χ0) is 17.9. The molecule has 26 heavy (non-hydrogen) atoms. The number of aryl methyl sites for hydroxylation is 2. The van der Waals surface area contributed by atoms with E-state index in [1.165, 1.54) is 16.7 Å². The van der Waals surface area contributed by atoms with Gasteiger partial charge in [0.2, 0.25) is 0 Å². The second-order valence-electron chi connectivity index (χ2n) is 6.41. The first kappa shape index (κ1) is 17.2. The molecule has 7 heteroatoms. The standard InChI is InChI=1S/C19H21N5S2/c1-12-7-15(24-19-20-4-3-5-21-19)13(2)6-14(12)8-18-23-17(10-26-18)16-9-25-11-22-16/h6-7,9-11H,3-5,8H2,1-2H3,(H2,20,21,24). The van der Waals surface area contributed by atoms with Gasteiger partial charge in [0.1, 0.15) is 11.4 Å². The van der Waals surface area contributed by atoms with E-state index in [-0.39, 0.29) is 0 Å². The Morgan fingerprint density at radius 1 is 1.15 bits per heavy atom. The van der Waals surface area contributed by atoms with Crippen LogP contribution in [0.25, 0.3) is 11.4 Å². The van der Waals surface area contributed by atoms with Crippen molar-refractivity contribution in [1.82, 2.24) is 15.3 Å². The summed E-state index contributed by atoms with van der Waals surface area (Å²) < 4.78 is 0. The van der Waals surface area contributed by atoms with Crippen molar-refractivity contribution >= 4 is 34.3 Å². The fourth-order valence-electron chi connectivity index (χ4n) is 2.96. The number of nitrogens with zero attached hydrogens (tertiary/aromatic N) is 3. The molecule has 1 aromatic carbocycles. The number of aliphatic imine (C=N–C) groups is 1. The van der Waals surface area contributed by atoms with Gasteiger partial charge in [0.25, 0.3) is 0 Å². The maximum atomic E-state index is 4.75. The van der Waals surface area contributed by atoms with Gasteiger partial charge in [0, 0.05) is 36.0 Å². The Hall–Kier alpha value is -2.25. The molecule has 1 aliphatic heterocycles. The summed E-state index contributed by atoms with van der Waals surface area (Å²) in [7, 11) is 0. The molecule has 0 fully saturated rings. The van der Waals surface area contributed by atoms with Crippen LogP contribution in [0.1, 0.15) is 28.1 Å². The van der Waals surface area contributed by atoms with E-state index in [0.717, 1.165) is 54.0 Å². The number of anilines is 1. The summed E-state index contributed by atoms with van der Waals surface area (Å²) in [6, 6.07) is 4.46. The van der Waals surface area contributed by atoms with Crippen LogP contribution >= 0.6 is 22.7 Å². The fraction of sp³-hybridized carbons (Fsp3) is 0.316. The van der Waals surface area contributed by atoms with Crippen molar-refractivity contribution in [3.63, 3.8) is 0 Å². The summed E-state index contributed by atoms with van der Waals surface area (Å²) in [6.07, 6.45) is 1.94. The Balaban J connectivity index is 1.52. The molecule has 134 valence electrons. The Morgan fingerprint density at radius 2 is 2.08 bits per heavy atom. The number of benzene rings is 1. The van der Waals surface area contributed by atoms with Gasteiger partial charge in [-0.15, -0.1) is 22.7 Å². The molecular weight excluding hydrogens is 362 g/mol. The first-order valence-corrected chi connectivity index (χ1v) is 10.5. The Morgan fingerprint density at radius 3 is 2.85 bits per heavy atom. The van der Waals surface area contributed by atoms with E-state index in [1.54, 1.807) is 22.7 Å². The highest BCUT2D eigenvalue weighted by molar-refractivity contribution is 7.10. The van der Waals surface area contributed by atoms with Crippen molar-refractivity contribution in [2.45, 2.75) is 26.7 Å². The third-order valence-corrected chi connectivity index (χ3v) is 5.86. The lowest BCUT2D eigenvalue weighted by Crippen LogP contribution is -2.35. The molecule has 3 aromatic rings. The lowest BCUT2D eigenvalue weighted by Gasteiger charge is -2.18. The number of rotatable bonds is 4. The van der Waals surface area contributed by atoms with Crippen molar-refractivity contribution in [2.75, 3.05) is 18.4 Å². The van der Waals surface area contributed by atoms with Gasteiger partial charge in [-0.05, 0) is 43.0 Å². The molecule has 2 aromatic heterocycles. The molecule has 0 atom stereocenters. The second kappa shape index (κ2) is 7.55. The minimum atomic E-state index is 0.848. The summed E-state index contributed by atoms with van der Waals surface area (Å²) in [5.41, 5.74) is 8.69. The van der Waals surface area contributed by atoms with Crippen molar-refractivity contribution in [2.24, 2.45) is 4.99 Å². The van der Waals surface area contributed by atoms with Gasteiger partial charge in [-0.25, -0.2) is 9.97 Å². The number of aromatic nitrogens is 2. The number of hydrogen-bond acceptors (Lipinski definition) is 7. The second-order valence-corrected chi connectivity index (χ2v) is 8.07. The molecule has 2 N–H and O–H groups in total. The maximum Gasteiger partial charge on any atom is 0.195 e. The van der Waals surface area contributed by atoms with Crippen LogP contribution in [0.3, 0.4) is 0 Å². The van der Waals surface area contributed by atoms with Crippen LogP contribution in [0.2, 0.25) is 0 Å². The minimum absolute atomic E-state index is 0.848. The van der Waals surface area contributed by atoms with Crippen molar-refractivity contribution in [3.05, 3.63) is 50.1 Å². The van der Waals surface area contributed by atoms with E-state index < -0.39 is 0 Å². The molecule has 5 nitrogen and oxygen atoms in total. The van der Waals surface area contributed by atoms with E-state index in [1.807, 2.05) is 10.9 Å². The molecule has 3 heterocycles. The molecule has 0 bridgehead atoms. The molecule has 0 saturated heterocycles. The van der Waals surface area contributed by atoms with Gasteiger partial charge >= 0.3 is 0 Å². The lowest BCUT2D eigenvalue weighted by molar-refractivity contribution is 0.740. The number of hydrogen-bond donors (Lipinski definition) is 2. The average molecular weight is 384 g/mol. The predicted molar refractivity (Wildman–Crippen MR) is 110 cm³/mol. The van der Waals surface area contributed by atoms with E-state index in [4.69, 9.17) is 4.98 Å². The maximum absolute atomic E-state index is 4.75. The molecule has 1 aliphatic rings. The first-order valence-electron chi connectivity index (χ1n) is 8.67. The molecule has 0 spiro atoms.